The minimum absolute atomic E-state index is 0.695. The highest BCUT2D eigenvalue weighted by molar-refractivity contribution is 6.12. The third kappa shape index (κ3) is 4.92. The second kappa shape index (κ2) is 12.4. The number of para-hydroxylation sites is 4. The molecule has 1 aliphatic heterocycles. The van der Waals surface area contributed by atoms with Crippen molar-refractivity contribution in [3.05, 3.63) is 194 Å². The molecule has 9 aromatic rings. The molecule has 0 amide bonds. The zero-order chi connectivity index (χ0) is 34.4. The third-order valence-corrected chi connectivity index (χ3v) is 9.95. The molecule has 3 heterocycles. The van der Waals surface area contributed by atoms with Crippen LogP contribution >= 0.6 is 0 Å². The summed E-state index contributed by atoms with van der Waals surface area (Å²) in [7, 11) is 0. The number of anilines is 3. The van der Waals surface area contributed by atoms with Gasteiger partial charge in [-0.1, -0.05) is 133 Å². The molecule has 0 radical (unpaired) electrons. The summed E-state index contributed by atoms with van der Waals surface area (Å²) in [5.74, 6) is 0.695. The van der Waals surface area contributed by atoms with E-state index in [0.717, 1.165) is 56.3 Å². The van der Waals surface area contributed by atoms with Gasteiger partial charge in [-0.25, -0.2) is 9.97 Å². The lowest BCUT2D eigenvalue weighted by Crippen LogP contribution is -2.11. The maximum absolute atomic E-state index is 5.09. The average molecular weight is 665 g/mol. The molecule has 0 atom stereocenters. The van der Waals surface area contributed by atoms with Gasteiger partial charge in [0, 0.05) is 50.1 Å². The van der Waals surface area contributed by atoms with Crippen LogP contribution in [0.5, 0.6) is 0 Å². The van der Waals surface area contributed by atoms with Crippen molar-refractivity contribution in [3.63, 3.8) is 0 Å². The molecule has 0 aliphatic carbocycles. The van der Waals surface area contributed by atoms with Crippen LogP contribution in [0, 0.1) is 0 Å². The van der Waals surface area contributed by atoms with Crippen molar-refractivity contribution in [2.75, 3.05) is 4.90 Å². The summed E-state index contributed by atoms with van der Waals surface area (Å²) < 4.78 is 2.43. The fourth-order valence-electron chi connectivity index (χ4n) is 7.62. The van der Waals surface area contributed by atoms with Crippen LogP contribution in [0.4, 0.5) is 17.1 Å². The Kier molecular flexibility index (Phi) is 7.10. The molecule has 4 nitrogen and oxygen atoms in total. The SMILES string of the molecule is c1ccc(-c2cc(-c3ccccc3)nc(-c3ccc(-n4c5c(c6ccccc64)-c4ccccc4N(c4ccccc4)c4ccccc4-5)cc3)n2)cc1. The highest BCUT2D eigenvalue weighted by Gasteiger charge is 2.31. The van der Waals surface area contributed by atoms with Gasteiger partial charge in [0.05, 0.1) is 34.0 Å². The Morgan fingerprint density at radius 1 is 0.385 bits per heavy atom. The predicted molar refractivity (Wildman–Crippen MR) is 214 cm³/mol. The van der Waals surface area contributed by atoms with Crippen molar-refractivity contribution in [1.29, 1.82) is 0 Å². The van der Waals surface area contributed by atoms with Crippen LogP contribution in [0.15, 0.2) is 194 Å². The van der Waals surface area contributed by atoms with E-state index in [0.29, 0.717) is 5.82 Å². The van der Waals surface area contributed by atoms with Crippen LogP contribution in [-0.2, 0) is 0 Å². The van der Waals surface area contributed by atoms with Gasteiger partial charge in [-0.2, -0.15) is 0 Å². The van der Waals surface area contributed by atoms with Crippen LogP contribution in [0.25, 0.3) is 72.9 Å². The van der Waals surface area contributed by atoms with Gasteiger partial charge in [-0.05, 0) is 60.7 Å². The molecule has 0 saturated heterocycles. The first-order valence-corrected chi connectivity index (χ1v) is 17.6. The minimum atomic E-state index is 0.695. The van der Waals surface area contributed by atoms with Crippen molar-refractivity contribution in [2.45, 2.75) is 0 Å². The van der Waals surface area contributed by atoms with Gasteiger partial charge in [0.15, 0.2) is 5.82 Å². The van der Waals surface area contributed by atoms with Gasteiger partial charge in [0.25, 0.3) is 0 Å². The Bertz CT molecular complexity index is 2660. The van der Waals surface area contributed by atoms with E-state index in [1.54, 1.807) is 0 Å². The quantitative estimate of drug-likeness (QED) is 0.184. The number of hydrogen-bond donors (Lipinski definition) is 0. The molecule has 0 spiro atoms. The van der Waals surface area contributed by atoms with Gasteiger partial charge >= 0.3 is 0 Å². The predicted octanol–water partition coefficient (Wildman–Crippen LogP) is 12.5. The van der Waals surface area contributed by atoms with E-state index in [4.69, 9.17) is 9.97 Å². The molecule has 0 unspecified atom stereocenters. The van der Waals surface area contributed by atoms with Crippen molar-refractivity contribution >= 4 is 28.0 Å². The van der Waals surface area contributed by atoms with E-state index < -0.39 is 0 Å². The van der Waals surface area contributed by atoms with Crippen molar-refractivity contribution in [2.24, 2.45) is 0 Å². The summed E-state index contributed by atoms with van der Waals surface area (Å²) in [4.78, 5) is 12.6. The lowest BCUT2D eigenvalue weighted by Gasteiger charge is -2.27. The second-order valence-corrected chi connectivity index (χ2v) is 13.0. The number of nitrogens with zero attached hydrogens (tertiary/aromatic N) is 4. The molecule has 0 saturated carbocycles. The third-order valence-electron chi connectivity index (χ3n) is 9.95. The van der Waals surface area contributed by atoms with Crippen LogP contribution in [0.2, 0.25) is 0 Å². The Hall–Kier alpha value is -7.04. The van der Waals surface area contributed by atoms with Gasteiger partial charge in [0.1, 0.15) is 0 Å². The van der Waals surface area contributed by atoms with Crippen molar-refractivity contribution in [3.8, 4) is 62.0 Å². The molecular weight excluding hydrogens is 633 g/mol. The molecule has 52 heavy (non-hydrogen) atoms. The van der Waals surface area contributed by atoms with E-state index in [9.17, 15) is 0 Å². The standard InChI is InChI=1S/C48H32N4/c1-4-16-33(17-5-1)41-32-42(34-18-6-2-7-19-34)50-48(49-41)35-28-30-37(31-29-35)52-44-26-14-11-23-39(44)46-38-22-10-13-25-43(38)51(36-20-8-3-9-21-36)45-27-15-12-24-40(45)47(46)52/h1-32H. The summed E-state index contributed by atoms with van der Waals surface area (Å²) in [6, 6.07) is 68.5. The van der Waals surface area contributed by atoms with Gasteiger partial charge in [-0.15, -0.1) is 0 Å². The molecule has 0 fully saturated rings. The van der Waals surface area contributed by atoms with Gasteiger partial charge < -0.3 is 9.47 Å². The fourth-order valence-corrected chi connectivity index (χ4v) is 7.62. The Balaban J connectivity index is 1.18. The molecule has 2 aromatic heterocycles. The first-order valence-electron chi connectivity index (χ1n) is 17.6. The lowest BCUT2D eigenvalue weighted by atomic mass is 9.98. The normalized spacial score (nSPS) is 11.8. The molecule has 4 heteroatoms. The molecule has 244 valence electrons. The summed E-state index contributed by atoms with van der Waals surface area (Å²) in [5, 5.41) is 1.21. The van der Waals surface area contributed by atoms with Crippen molar-refractivity contribution < 1.29 is 0 Å². The fraction of sp³-hybridized carbons (Fsp3) is 0. The van der Waals surface area contributed by atoms with Crippen LogP contribution in [-0.4, -0.2) is 14.5 Å². The zero-order valence-electron chi connectivity index (χ0n) is 28.3. The maximum atomic E-state index is 5.09. The average Bonchev–Trinajstić information content (AvgIpc) is 3.51. The number of rotatable bonds is 5. The highest BCUT2D eigenvalue weighted by atomic mass is 15.2. The first kappa shape index (κ1) is 29.8. The van der Waals surface area contributed by atoms with E-state index in [2.05, 4.69) is 167 Å². The van der Waals surface area contributed by atoms with Crippen LogP contribution < -0.4 is 4.90 Å². The number of benzene rings is 7. The Morgan fingerprint density at radius 3 is 1.56 bits per heavy atom. The largest absolute Gasteiger partial charge is 0.309 e. The van der Waals surface area contributed by atoms with Crippen LogP contribution in [0.3, 0.4) is 0 Å². The smallest absolute Gasteiger partial charge is 0.160 e. The lowest BCUT2D eigenvalue weighted by molar-refractivity contribution is 1.13. The molecule has 0 N–H and O–H groups in total. The molecule has 10 rings (SSSR count). The second-order valence-electron chi connectivity index (χ2n) is 13.0. The monoisotopic (exact) mass is 664 g/mol. The van der Waals surface area contributed by atoms with E-state index in [1.807, 2.05) is 36.4 Å². The van der Waals surface area contributed by atoms with Gasteiger partial charge in [0.2, 0.25) is 0 Å². The van der Waals surface area contributed by atoms with Crippen LogP contribution in [0.1, 0.15) is 0 Å². The topological polar surface area (TPSA) is 34.0 Å². The van der Waals surface area contributed by atoms with E-state index in [1.165, 1.54) is 27.8 Å². The number of hydrogen-bond acceptors (Lipinski definition) is 3. The molecule has 0 bridgehead atoms. The minimum Gasteiger partial charge on any atom is -0.309 e. The van der Waals surface area contributed by atoms with E-state index >= 15 is 0 Å². The highest BCUT2D eigenvalue weighted by Crippen LogP contribution is 2.54. The number of aromatic nitrogens is 3. The summed E-state index contributed by atoms with van der Waals surface area (Å²) in [6.45, 7) is 0. The molecule has 7 aromatic carbocycles. The molecular formula is C48H32N4. The Labute approximate surface area is 302 Å². The maximum Gasteiger partial charge on any atom is 0.160 e. The number of fused-ring (bicyclic) bond motifs is 7. The summed E-state index contributed by atoms with van der Waals surface area (Å²) in [5.41, 5.74) is 15.3. The summed E-state index contributed by atoms with van der Waals surface area (Å²) >= 11 is 0. The first-order chi connectivity index (χ1) is 25.8. The Morgan fingerprint density at radius 2 is 0.904 bits per heavy atom. The van der Waals surface area contributed by atoms with Gasteiger partial charge in [-0.3, -0.25) is 0 Å². The molecule has 1 aliphatic rings. The van der Waals surface area contributed by atoms with E-state index in [-0.39, 0.29) is 0 Å². The zero-order valence-corrected chi connectivity index (χ0v) is 28.3. The summed E-state index contributed by atoms with van der Waals surface area (Å²) in [6.07, 6.45) is 0. The van der Waals surface area contributed by atoms with Crippen molar-refractivity contribution in [1.82, 2.24) is 14.5 Å².